The number of aliphatic hydroxyl groups excluding tert-OH is 1. The van der Waals surface area contributed by atoms with Crippen LogP contribution in [0.4, 0.5) is 0 Å². The molecule has 0 unspecified atom stereocenters. The van der Waals surface area contributed by atoms with Crippen molar-refractivity contribution < 1.29 is 5.11 Å². The maximum atomic E-state index is 8.65. The lowest BCUT2D eigenvalue weighted by atomic mass is 10.5. The summed E-state index contributed by atoms with van der Waals surface area (Å²) in [7, 11) is 1.87. The predicted molar refractivity (Wildman–Crippen MR) is 40.8 cm³/mol. The fourth-order valence-electron chi connectivity index (χ4n) is 0.684. The van der Waals surface area contributed by atoms with Crippen LogP contribution in [0.1, 0.15) is 10.7 Å². The molecule has 1 heterocycles. The standard InChI is InChI=1S/C6H10N2OS/c1-7-2-5-4-10-6(3-9)8-5/h4,7,9H,2-3H2,1H3. The van der Waals surface area contributed by atoms with Gasteiger partial charge in [-0.2, -0.15) is 0 Å². The van der Waals surface area contributed by atoms with Gasteiger partial charge in [-0.1, -0.05) is 0 Å². The van der Waals surface area contributed by atoms with Gasteiger partial charge < -0.3 is 10.4 Å². The second kappa shape index (κ2) is 3.65. The first-order valence-corrected chi connectivity index (χ1v) is 3.93. The van der Waals surface area contributed by atoms with Gasteiger partial charge in [0.2, 0.25) is 0 Å². The van der Waals surface area contributed by atoms with E-state index in [4.69, 9.17) is 5.11 Å². The Labute approximate surface area is 63.7 Å². The van der Waals surface area contributed by atoms with Crippen LogP contribution in [0.2, 0.25) is 0 Å². The Bertz CT molecular complexity index is 199. The topological polar surface area (TPSA) is 45.1 Å². The first-order chi connectivity index (χ1) is 4.86. The summed E-state index contributed by atoms with van der Waals surface area (Å²) in [5, 5.41) is 14.4. The summed E-state index contributed by atoms with van der Waals surface area (Å²) in [5.41, 5.74) is 0.997. The van der Waals surface area contributed by atoms with E-state index in [1.165, 1.54) is 11.3 Å². The van der Waals surface area contributed by atoms with E-state index in [9.17, 15) is 0 Å². The minimum Gasteiger partial charge on any atom is -0.389 e. The molecule has 0 amide bonds. The van der Waals surface area contributed by atoms with Crippen LogP contribution in [-0.2, 0) is 13.2 Å². The molecule has 0 radical (unpaired) electrons. The molecule has 0 fully saturated rings. The van der Waals surface area contributed by atoms with E-state index < -0.39 is 0 Å². The molecule has 0 aliphatic heterocycles. The number of thiazole rings is 1. The van der Waals surface area contributed by atoms with Gasteiger partial charge in [-0.25, -0.2) is 4.98 Å². The lowest BCUT2D eigenvalue weighted by Crippen LogP contribution is -2.05. The summed E-state index contributed by atoms with van der Waals surface area (Å²) in [6, 6.07) is 0. The third kappa shape index (κ3) is 1.76. The maximum absolute atomic E-state index is 8.65. The molecule has 1 aromatic rings. The molecule has 56 valence electrons. The van der Waals surface area contributed by atoms with E-state index in [0.29, 0.717) is 0 Å². The number of nitrogens with one attached hydrogen (secondary N) is 1. The highest BCUT2D eigenvalue weighted by Gasteiger charge is 1.97. The quantitative estimate of drug-likeness (QED) is 0.667. The highest BCUT2D eigenvalue weighted by atomic mass is 32.1. The van der Waals surface area contributed by atoms with E-state index in [0.717, 1.165) is 17.2 Å². The molecule has 0 aromatic carbocycles. The Morgan fingerprint density at radius 2 is 2.60 bits per heavy atom. The zero-order valence-corrected chi connectivity index (χ0v) is 6.61. The van der Waals surface area contributed by atoms with Gasteiger partial charge in [-0.05, 0) is 7.05 Å². The number of rotatable bonds is 3. The van der Waals surface area contributed by atoms with Crippen LogP contribution in [-0.4, -0.2) is 17.1 Å². The Morgan fingerprint density at radius 3 is 3.10 bits per heavy atom. The molecule has 1 rings (SSSR count). The van der Waals surface area contributed by atoms with Crippen LogP contribution >= 0.6 is 11.3 Å². The van der Waals surface area contributed by atoms with Crippen molar-refractivity contribution in [2.75, 3.05) is 7.05 Å². The Balaban J connectivity index is 2.59. The molecule has 10 heavy (non-hydrogen) atoms. The van der Waals surface area contributed by atoms with Gasteiger partial charge in [0.05, 0.1) is 12.3 Å². The second-order valence-electron chi connectivity index (χ2n) is 1.92. The first-order valence-electron chi connectivity index (χ1n) is 3.05. The van der Waals surface area contributed by atoms with Crippen molar-refractivity contribution >= 4 is 11.3 Å². The fourth-order valence-corrected chi connectivity index (χ4v) is 1.34. The van der Waals surface area contributed by atoms with Crippen molar-refractivity contribution in [3.63, 3.8) is 0 Å². The molecule has 2 N–H and O–H groups in total. The minimum atomic E-state index is 0.0500. The van der Waals surface area contributed by atoms with Crippen LogP contribution in [0.3, 0.4) is 0 Å². The smallest absolute Gasteiger partial charge is 0.118 e. The molecular weight excluding hydrogens is 148 g/mol. The summed E-state index contributed by atoms with van der Waals surface area (Å²) >= 11 is 1.49. The van der Waals surface area contributed by atoms with Crippen LogP contribution in [0.25, 0.3) is 0 Å². The lowest BCUT2D eigenvalue weighted by Gasteiger charge is -1.90. The van der Waals surface area contributed by atoms with Crippen LogP contribution in [0.15, 0.2) is 5.38 Å². The molecule has 4 heteroatoms. The van der Waals surface area contributed by atoms with E-state index in [1.54, 1.807) is 0 Å². The molecule has 0 saturated carbocycles. The SMILES string of the molecule is CNCc1csc(CO)n1. The number of aliphatic hydroxyl groups is 1. The van der Waals surface area contributed by atoms with Crippen LogP contribution in [0.5, 0.6) is 0 Å². The molecule has 3 nitrogen and oxygen atoms in total. The van der Waals surface area contributed by atoms with Crippen molar-refractivity contribution in [1.29, 1.82) is 0 Å². The number of aromatic nitrogens is 1. The third-order valence-electron chi connectivity index (χ3n) is 1.09. The highest BCUT2D eigenvalue weighted by molar-refractivity contribution is 7.09. The zero-order valence-electron chi connectivity index (χ0n) is 5.79. The van der Waals surface area contributed by atoms with Gasteiger partial charge >= 0.3 is 0 Å². The van der Waals surface area contributed by atoms with Gasteiger partial charge in [-0.3, -0.25) is 0 Å². The molecule has 0 saturated heterocycles. The van der Waals surface area contributed by atoms with Gasteiger partial charge in [0.15, 0.2) is 0 Å². The summed E-state index contributed by atoms with van der Waals surface area (Å²) in [6.07, 6.45) is 0. The van der Waals surface area contributed by atoms with E-state index in [2.05, 4.69) is 10.3 Å². The van der Waals surface area contributed by atoms with E-state index in [1.807, 2.05) is 12.4 Å². The summed E-state index contributed by atoms with van der Waals surface area (Å²) in [4.78, 5) is 4.12. The van der Waals surface area contributed by atoms with Crippen molar-refractivity contribution in [2.45, 2.75) is 13.2 Å². The minimum absolute atomic E-state index is 0.0500. The normalized spacial score (nSPS) is 10.2. The van der Waals surface area contributed by atoms with Crippen molar-refractivity contribution in [3.8, 4) is 0 Å². The number of hydrogen-bond donors (Lipinski definition) is 2. The average molecular weight is 158 g/mol. The third-order valence-corrected chi connectivity index (χ3v) is 1.97. The Morgan fingerprint density at radius 1 is 1.80 bits per heavy atom. The molecule has 0 aliphatic rings. The van der Waals surface area contributed by atoms with Gasteiger partial charge in [0.25, 0.3) is 0 Å². The predicted octanol–water partition coefficient (Wildman–Crippen LogP) is 0.355. The fraction of sp³-hybridized carbons (Fsp3) is 0.500. The summed E-state index contributed by atoms with van der Waals surface area (Å²) in [5.74, 6) is 0. The van der Waals surface area contributed by atoms with Gasteiger partial charge in [-0.15, -0.1) is 11.3 Å². The summed E-state index contributed by atoms with van der Waals surface area (Å²) in [6.45, 7) is 0.824. The maximum Gasteiger partial charge on any atom is 0.118 e. The average Bonchev–Trinajstić information content (AvgIpc) is 2.37. The van der Waals surface area contributed by atoms with Crippen molar-refractivity contribution in [3.05, 3.63) is 16.1 Å². The first kappa shape index (κ1) is 7.65. The zero-order chi connectivity index (χ0) is 7.40. The second-order valence-corrected chi connectivity index (χ2v) is 2.86. The highest BCUT2D eigenvalue weighted by Crippen LogP contribution is 2.08. The van der Waals surface area contributed by atoms with Crippen LogP contribution in [0, 0.1) is 0 Å². The Kier molecular flexibility index (Phi) is 2.80. The molecule has 0 aliphatic carbocycles. The number of nitrogens with zero attached hydrogens (tertiary/aromatic N) is 1. The Hall–Kier alpha value is -0.450. The van der Waals surface area contributed by atoms with E-state index >= 15 is 0 Å². The molecule has 0 atom stereocenters. The van der Waals surface area contributed by atoms with Gasteiger partial charge in [0.1, 0.15) is 5.01 Å². The monoisotopic (exact) mass is 158 g/mol. The molecule has 0 spiro atoms. The molecule has 0 bridgehead atoms. The van der Waals surface area contributed by atoms with E-state index in [-0.39, 0.29) is 6.61 Å². The largest absolute Gasteiger partial charge is 0.389 e. The van der Waals surface area contributed by atoms with Gasteiger partial charge in [0, 0.05) is 11.9 Å². The molecular formula is C6H10N2OS. The van der Waals surface area contributed by atoms with Crippen molar-refractivity contribution in [1.82, 2.24) is 10.3 Å². The lowest BCUT2D eigenvalue weighted by molar-refractivity contribution is 0.281. The summed E-state index contributed by atoms with van der Waals surface area (Å²) < 4.78 is 0. The van der Waals surface area contributed by atoms with Crippen molar-refractivity contribution in [2.24, 2.45) is 0 Å². The number of hydrogen-bond acceptors (Lipinski definition) is 4. The van der Waals surface area contributed by atoms with Crippen LogP contribution < -0.4 is 5.32 Å². The molecule has 1 aromatic heterocycles.